The van der Waals surface area contributed by atoms with Crippen molar-refractivity contribution in [3.8, 4) is 0 Å². The summed E-state index contributed by atoms with van der Waals surface area (Å²) in [6.07, 6.45) is 3.62. The Labute approximate surface area is 109 Å². The summed E-state index contributed by atoms with van der Waals surface area (Å²) >= 11 is 0. The summed E-state index contributed by atoms with van der Waals surface area (Å²) in [5.74, 6) is 0.884. The van der Waals surface area contributed by atoms with Crippen LogP contribution in [0.25, 0.3) is 0 Å². The van der Waals surface area contributed by atoms with Gasteiger partial charge in [-0.05, 0) is 33.6 Å². The summed E-state index contributed by atoms with van der Waals surface area (Å²) in [4.78, 5) is 15.6. The number of unbranched alkanes of at least 4 members (excludes halogenated alkanes) is 2. The van der Waals surface area contributed by atoms with Crippen molar-refractivity contribution in [2.75, 3.05) is 19.7 Å². The van der Waals surface area contributed by atoms with Gasteiger partial charge in [-0.1, -0.05) is 6.42 Å². The Kier molecular flexibility index (Phi) is 5.95. The van der Waals surface area contributed by atoms with E-state index in [1.807, 2.05) is 20.8 Å². The van der Waals surface area contributed by atoms with Crippen molar-refractivity contribution in [3.05, 3.63) is 0 Å². The van der Waals surface area contributed by atoms with Gasteiger partial charge < -0.3 is 14.8 Å². The maximum Gasteiger partial charge on any atom is 0.407 e. The summed E-state index contributed by atoms with van der Waals surface area (Å²) in [5.41, 5.74) is -0.429. The molecule has 0 saturated heterocycles. The molecule has 1 aliphatic heterocycles. The molecule has 1 rings (SSSR count). The number of nitrogens with zero attached hydrogens (tertiary/aromatic N) is 1. The number of rotatable bonds is 6. The molecule has 0 aromatic heterocycles. The van der Waals surface area contributed by atoms with Crippen molar-refractivity contribution in [3.63, 3.8) is 0 Å². The average Bonchev–Trinajstić information content (AvgIpc) is 2.73. The van der Waals surface area contributed by atoms with Gasteiger partial charge in [-0.3, -0.25) is 4.99 Å². The average molecular weight is 256 g/mol. The molecule has 0 aromatic carbocycles. The van der Waals surface area contributed by atoms with Crippen molar-refractivity contribution in [2.45, 2.75) is 52.1 Å². The highest BCUT2D eigenvalue weighted by molar-refractivity contribution is 5.77. The third kappa shape index (κ3) is 7.14. The van der Waals surface area contributed by atoms with E-state index < -0.39 is 5.60 Å². The first-order chi connectivity index (χ1) is 8.47. The van der Waals surface area contributed by atoms with Gasteiger partial charge in [0.15, 0.2) is 5.90 Å². The number of hydrogen-bond donors (Lipinski definition) is 1. The Bertz CT molecular complexity index is 295. The Morgan fingerprint density at radius 2 is 2.17 bits per heavy atom. The molecule has 0 atom stereocenters. The fourth-order valence-electron chi connectivity index (χ4n) is 1.61. The van der Waals surface area contributed by atoms with Crippen LogP contribution < -0.4 is 5.32 Å². The highest BCUT2D eigenvalue weighted by Gasteiger charge is 2.15. The highest BCUT2D eigenvalue weighted by atomic mass is 16.6. The van der Waals surface area contributed by atoms with Crippen molar-refractivity contribution in [2.24, 2.45) is 4.99 Å². The van der Waals surface area contributed by atoms with Gasteiger partial charge in [-0.15, -0.1) is 0 Å². The van der Waals surface area contributed by atoms with Gasteiger partial charge in [0.2, 0.25) is 0 Å². The molecule has 1 heterocycles. The molecule has 0 saturated carbocycles. The molecule has 0 bridgehead atoms. The standard InChI is InChI=1S/C13H24N2O3/c1-13(2,3)18-12(16)15-8-6-4-5-7-11-14-9-10-17-11/h4-10H2,1-3H3,(H,15,16). The largest absolute Gasteiger partial charge is 0.479 e. The minimum absolute atomic E-state index is 0.342. The predicted molar refractivity (Wildman–Crippen MR) is 71.0 cm³/mol. The molecule has 5 nitrogen and oxygen atoms in total. The molecule has 18 heavy (non-hydrogen) atoms. The van der Waals surface area contributed by atoms with Crippen molar-refractivity contribution < 1.29 is 14.3 Å². The van der Waals surface area contributed by atoms with Crippen molar-refractivity contribution in [1.82, 2.24) is 5.32 Å². The smallest absolute Gasteiger partial charge is 0.407 e. The first kappa shape index (κ1) is 14.8. The van der Waals surface area contributed by atoms with Gasteiger partial charge in [-0.2, -0.15) is 0 Å². The lowest BCUT2D eigenvalue weighted by Gasteiger charge is -2.19. The Balaban J connectivity index is 1.93. The minimum atomic E-state index is -0.429. The summed E-state index contributed by atoms with van der Waals surface area (Å²) in [6, 6.07) is 0. The third-order valence-corrected chi connectivity index (χ3v) is 2.38. The molecule has 1 amide bonds. The van der Waals surface area contributed by atoms with E-state index in [9.17, 15) is 4.79 Å². The van der Waals surface area contributed by atoms with Crippen LogP contribution in [0, 0.1) is 0 Å². The molecule has 1 aliphatic rings. The molecule has 0 aliphatic carbocycles. The second-order valence-electron chi connectivity index (χ2n) is 5.36. The van der Waals surface area contributed by atoms with Gasteiger partial charge >= 0.3 is 6.09 Å². The lowest BCUT2D eigenvalue weighted by Crippen LogP contribution is -2.32. The zero-order valence-corrected chi connectivity index (χ0v) is 11.6. The van der Waals surface area contributed by atoms with Crippen LogP contribution in [-0.2, 0) is 9.47 Å². The zero-order chi connectivity index (χ0) is 13.4. The number of alkyl carbamates (subject to hydrolysis) is 1. The summed E-state index contributed by atoms with van der Waals surface area (Å²) in [5, 5.41) is 2.74. The van der Waals surface area contributed by atoms with Crippen LogP contribution in [0.15, 0.2) is 4.99 Å². The van der Waals surface area contributed by atoms with Crippen LogP contribution >= 0.6 is 0 Å². The molecule has 0 spiro atoms. The minimum Gasteiger partial charge on any atom is -0.479 e. The van der Waals surface area contributed by atoms with E-state index in [0.717, 1.165) is 44.7 Å². The quantitative estimate of drug-likeness (QED) is 0.743. The summed E-state index contributed by atoms with van der Waals surface area (Å²) < 4.78 is 10.4. The van der Waals surface area contributed by atoms with Gasteiger partial charge in [0.05, 0.1) is 6.54 Å². The second-order valence-corrected chi connectivity index (χ2v) is 5.36. The number of nitrogens with one attached hydrogen (secondary N) is 1. The van der Waals surface area contributed by atoms with Crippen LogP contribution in [0.2, 0.25) is 0 Å². The number of ether oxygens (including phenoxy) is 2. The van der Waals surface area contributed by atoms with Crippen LogP contribution in [0.3, 0.4) is 0 Å². The van der Waals surface area contributed by atoms with Crippen LogP contribution in [0.4, 0.5) is 4.79 Å². The lowest BCUT2D eigenvalue weighted by atomic mass is 10.2. The molecular formula is C13H24N2O3. The molecule has 104 valence electrons. The number of amides is 1. The fraction of sp³-hybridized carbons (Fsp3) is 0.846. The summed E-state index contributed by atoms with van der Waals surface area (Å²) in [7, 11) is 0. The fourth-order valence-corrected chi connectivity index (χ4v) is 1.61. The van der Waals surface area contributed by atoms with Gasteiger partial charge in [0.1, 0.15) is 12.2 Å². The molecule has 5 heteroatoms. The summed E-state index contributed by atoms with van der Waals surface area (Å²) in [6.45, 7) is 7.76. The molecule has 0 radical (unpaired) electrons. The van der Waals surface area contributed by atoms with Crippen molar-refractivity contribution in [1.29, 1.82) is 0 Å². The zero-order valence-electron chi connectivity index (χ0n) is 11.6. The van der Waals surface area contributed by atoms with Crippen LogP contribution in [0.5, 0.6) is 0 Å². The highest BCUT2D eigenvalue weighted by Crippen LogP contribution is 2.07. The number of hydrogen-bond acceptors (Lipinski definition) is 4. The van der Waals surface area contributed by atoms with Gasteiger partial charge in [0.25, 0.3) is 0 Å². The Morgan fingerprint density at radius 1 is 1.39 bits per heavy atom. The Hall–Kier alpha value is -1.26. The first-order valence-electron chi connectivity index (χ1n) is 6.60. The third-order valence-electron chi connectivity index (χ3n) is 2.38. The number of carbonyl (C=O) groups is 1. The lowest BCUT2D eigenvalue weighted by molar-refractivity contribution is 0.0527. The van der Waals surface area contributed by atoms with Gasteiger partial charge in [-0.25, -0.2) is 4.79 Å². The van der Waals surface area contributed by atoms with Crippen molar-refractivity contribution >= 4 is 12.0 Å². The van der Waals surface area contributed by atoms with E-state index in [-0.39, 0.29) is 6.09 Å². The normalized spacial score (nSPS) is 14.9. The van der Waals surface area contributed by atoms with E-state index in [0.29, 0.717) is 6.54 Å². The van der Waals surface area contributed by atoms with E-state index in [2.05, 4.69) is 10.3 Å². The monoisotopic (exact) mass is 256 g/mol. The second kappa shape index (κ2) is 7.24. The molecule has 0 aromatic rings. The number of aliphatic imine (C=N–C) groups is 1. The van der Waals surface area contributed by atoms with Crippen LogP contribution in [0.1, 0.15) is 46.5 Å². The predicted octanol–water partition coefficient (Wildman–Crippen LogP) is 2.50. The molecule has 1 N–H and O–H groups in total. The topological polar surface area (TPSA) is 59.9 Å². The SMILES string of the molecule is CC(C)(C)OC(=O)NCCCCCC1=NCCO1. The van der Waals surface area contributed by atoms with Gasteiger partial charge in [0, 0.05) is 13.0 Å². The van der Waals surface area contributed by atoms with E-state index >= 15 is 0 Å². The maximum atomic E-state index is 11.3. The van der Waals surface area contributed by atoms with E-state index in [1.54, 1.807) is 0 Å². The Morgan fingerprint density at radius 3 is 2.78 bits per heavy atom. The molecular weight excluding hydrogens is 232 g/mol. The molecule has 0 fully saturated rings. The van der Waals surface area contributed by atoms with Crippen LogP contribution in [-0.4, -0.2) is 37.3 Å². The maximum absolute atomic E-state index is 11.3. The first-order valence-corrected chi connectivity index (χ1v) is 6.60. The molecule has 0 unspecified atom stereocenters. The van der Waals surface area contributed by atoms with E-state index in [1.165, 1.54) is 0 Å². The van der Waals surface area contributed by atoms with E-state index in [4.69, 9.17) is 9.47 Å². The number of carbonyl (C=O) groups excluding carboxylic acids is 1.